The van der Waals surface area contributed by atoms with Gasteiger partial charge in [-0.3, -0.25) is 4.90 Å². The molecule has 6 heteroatoms. The molecule has 0 aromatic carbocycles. The van der Waals surface area contributed by atoms with Crippen LogP contribution < -0.4 is 0 Å². The minimum Gasteiger partial charge on any atom is -0.373 e. The largest absolute Gasteiger partial charge is 0.373 e. The van der Waals surface area contributed by atoms with Crippen LogP contribution in [0.2, 0.25) is 4.34 Å². The molecule has 0 saturated carbocycles. The quantitative estimate of drug-likeness (QED) is 0.799. The average Bonchev–Trinajstić information content (AvgIpc) is 2.50. The molecule has 4 nitrogen and oxygen atoms in total. The molecule has 0 radical (unpaired) electrons. The highest BCUT2D eigenvalue weighted by atomic mass is 35.5. The van der Waals surface area contributed by atoms with Crippen LogP contribution in [-0.2, 0) is 11.3 Å². The first-order valence-electron chi connectivity index (χ1n) is 4.99. The predicted molar refractivity (Wildman–Crippen MR) is 60.2 cm³/mol. The van der Waals surface area contributed by atoms with Gasteiger partial charge in [-0.2, -0.15) is 0 Å². The molecule has 1 saturated heterocycles. The second-order valence-electron chi connectivity index (χ2n) is 3.94. The smallest absolute Gasteiger partial charge is 0.138 e. The molecular weight excluding hydrogens is 234 g/mol. The Hall–Kier alpha value is -0.230. The van der Waals surface area contributed by atoms with Crippen LogP contribution in [0.25, 0.3) is 0 Å². The molecule has 15 heavy (non-hydrogen) atoms. The minimum absolute atomic E-state index is 0.277. The third-order valence-corrected chi connectivity index (χ3v) is 3.36. The Labute approximate surface area is 98.3 Å². The lowest BCUT2D eigenvalue weighted by Crippen LogP contribution is -2.44. The van der Waals surface area contributed by atoms with Crippen molar-refractivity contribution in [2.75, 3.05) is 13.1 Å². The summed E-state index contributed by atoms with van der Waals surface area (Å²) < 4.78 is 10.2. The van der Waals surface area contributed by atoms with Crippen LogP contribution in [0.5, 0.6) is 0 Å². The van der Waals surface area contributed by atoms with Gasteiger partial charge in [-0.1, -0.05) is 16.1 Å². The van der Waals surface area contributed by atoms with Gasteiger partial charge in [0.15, 0.2) is 0 Å². The fourth-order valence-electron chi connectivity index (χ4n) is 1.92. The maximum absolute atomic E-state index is 5.97. The summed E-state index contributed by atoms with van der Waals surface area (Å²) in [5.74, 6) is 0. The van der Waals surface area contributed by atoms with E-state index in [-0.39, 0.29) is 12.2 Å². The molecule has 0 bridgehead atoms. The van der Waals surface area contributed by atoms with Gasteiger partial charge in [0.25, 0.3) is 0 Å². The van der Waals surface area contributed by atoms with Gasteiger partial charge in [-0.15, -0.1) is 5.10 Å². The van der Waals surface area contributed by atoms with E-state index in [4.69, 9.17) is 16.3 Å². The van der Waals surface area contributed by atoms with Crippen LogP contribution in [0.4, 0.5) is 0 Å². The van der Waals surface area contributed by atoms with E-state index in [0.29, 0.717) is 4.34 Å². The molecule has 0 aliphatic carbocycles. The van der Waals surface area contributed by atoms with Crippen molar-refractivity contribution in [2.24, 2.45) is 0 Å². The van der Waals surface area contributed by atoms with E-state index < -0.39 is 0 Å². The molecule has 1 aliphatic heterocycles. The number of hydrogen-bond acceptors (Lipinski definition) is 5. The monoisotopic (exact) mass is 247 g/mol. The molecular formula is C9H14ClN3OS. The van der Waals surface area contributed by atoms with Gasteiger partial charge in [-0.05, 0) is 13.8 Å². The molecule has 2 heterocycles. The summed E-state index contributed by atoms with van der Waals surface area (Å²) >= 11 is 7.21. The van der Waals surface area contributed by atoms with Gasteiger partial charge in [0.05, 0.1) is 12.2 Å². The molecule has 0 N–H and O–H groups in total. The second kappa shape index (κ2) is 4.74. The van der Waals surface area contributed by atoms with E-state index >= 15 is 0 Å². The van der Waals surface area contributed by atoms with Crippen LogP contribution >= 0.6 is 23.1 Å². The van der Waals surface area contributed by atoms with E-state index in [2.05, 4.69) is 28.3 Å². The maximum atomic E-state index is 5.97. The lowest BCUT2D eigenvalue weighted by Gasteiger charge is -2.34. The van der Waals surface area contributed by atoms with Crippen molar-refractivity contribution < 1.29 is 4.74 Å². The molecule has 1 aromatic rings. The van der Waals surface area contributed by atoms with Crippen LogP contribution in [0.3, 0.4) is 0 Å². The van der Waals surface area contributed by atoms with Crippen LogP contribution in [0.1, 0.15) is 19.5 Å². The molecule has 0 spiro atoms. The van der Waals surface area contributed by atoms with Crippen molar-refractivity contribution in [3.05, 3.63) is 10.0 Å². The van der Waals surface area contributed by atoms with Crippen LogP contribution in [0, 0.1) is 0 Å². The number of hydrogen-bond donors (Lipinski definition) is 0. The van der Waals surface area contributed by atoms with Crippen molar-refractivity contribution in [3.63, 3.8) is 0 Å². The van der Waals surface area contributed by atoms with E-state index in [9.17, 15) is 0 Å². The summed E-state index contributed by atoms with van der Waals surface area (Å²) in [4.78, 5) is 2.31. The zero-order valence-electron chi connectivity index (χ0n) is 8.81. The van der Waals surface area contributed by atoms with Gasteiger partial charge in [0, 0.05) is 31.2 Å². The van der Waals surface area contributed by atoms with E-state index in [0.717, 1.165) is 25.3 Å². The van der Waals surface area contributed by atoms with Gasteiger partial charge in [-0.25, -0.2) is 0 Å². The molecule has 0 unspecified atom stereocenters. The molecule has 2 atom stereocenters. The lowest BCUT2D eigenvalue weighted by molar-refractivity contribution is -0.0707. The van der Waals surface area contributed by atoms with E-state index in [1.807, 2.05) is 0 Å². The summed E-state index contributed by atoms with van der Waals surface area (Å²) in [6.45, 7) is 6.80. The second-order valence-corrected chi connectivity index (χ2v) is 5.30. The fraction of sp³-hybridized carbons (Fsp3) is 0.778. The highest BCUT2D eigenvalue weighted by molar-refractivity contribution is 7.10. The van der Waals surface area contributed by atoms with Crippen molar-refractivity contribution in [1.82, 2.24) is 14.5 Å². The van der Waals surface area contributed by atoms with E-state index in [1.54, 1.807) is 0 Å². The third-order valence-electron chi connectivity index (χ3n) is 2.38. The summed E-state index contributed by atoms with van der Waals surface area (Å²) in [6, 6.07) is 0. The Morgan fingerprint density at radius 3 is 2.67 bits per heavy atom. The number of rotatable bonds is 2. The first-order valence-corrected chi connectivity index (χ1v) is 6.15. The van der Waals surface area contributed by atoms with Gasteiger partial charge in [0.2, 0.25) is 0 Å². The SMILES string of the molecule is C[C@H]1CN(Cc2nnsc2Cl)C[C@H](C)O1. The topological polar surface area (TPSA) is 38.2 Å². The molecule has 1 fully saturated rings. The normalized spacial score (nSPS) is 28.2. The van der Waals surface area contributed by atoms with Crippen LogP contribution in [-0.4, -0.2) is 39.8 Å². The Kier molecular flexibility index (Phi) is 3.56. The summed E-state index contributed by atoms with van der Waals surface area (Å²) in [5, 5.41) is 4.01. The Balaban J connectivity index is 1.97. The number of morpholine rings is 1. The van der Waals surface area contributed by atoms with Gasteiger partial charge in [0.1, 0.15) is 10.0 Å². The zero-order valence-corrected chi connectivity index (χ0v) is 10.4. The first-order chi connectivity index (χ1) is 7.15. The Bertz CT molecular complexity index is 323. The lowest BCUT2D eigenvalue weighted by atomic mass is 10.2. The van der Waals surface area contributed by atoms with E-state index in [1.165, 1.54) is 11.5 Å². The number of aromatic nitrogens is 2. The summed E-state index contributed by atoms with van der Waals surface area (Å²) in [5.41, 5.74) is 0.878. The van der Waals surface area contributed by atoms with Gasteiger partial charge < -0.3 is 4.74 Å². The Morgan fingerprint density at radius 2 is 2.13 bits per heavy atom. The van der Waals surface area contributed by atoms with Gasteiger partial charge >= 0.3 is 0 Å². The maximum Gasteiger partial charge on any atom is 0.138 e. The third kappa shape index (κ3) is 2.87. The summed E-state index contributed by atoms with van der Waals surface area (Å²) in [6.07, 6.45) is 0.554. The minimum atomic E-state index is 0.277. The van der Waals surface area contributed by atoms with Crippen molar-refractivity contribution >= 4 is 23.1 Å². The highest BCUT2D eigenvalue weighted by Crippen LogP contribution is 2.20. The number of nitrogens with zero attached hydrogens (tertiary/aromatic N) is 3. The predicted octanol–water partition coefficient (Wildman–Crippen LogP) is 1.80. The van der Waals surface area contributed by atoms with Crippen LogP contribution in [0.15, 0.2) is 0 Å². The van der Waals surface area contributed by atoms with Crippen molar-refractivity contribution in [3.8, 4) is 0 Å². The standard InChI is InChI=1S/C9H14ClN3OS/c1-6-3-13(4-7(2)14-6)5-8-9(10)15-12-11-8/h6-7H,3-5H2,1-2H3/t6-,7-/m0/s1. The average molecular weight is 248 g/mol. The number of ether oxygens (including phenoxy) is 1. The molecule has 0 amide bonds. The summed E-state index contributed by atoms with van der Waals surface area (Å²) in [7, 11) is 0. The fourth-order valence-corrected chi connectivity index (χ4v) is 2.53. The molecule has 2 rings (SSSR count). The zero-order chi connectivity index (χ0) is 10.8. The highest BCUT2D eigenvalue weighted by Gasteiger charge is 2.23. The van der Waals surface area contributed by atoms with Crippen molar-refractivity contribution in [2.45, 2.75) is 32.6 Å². The molecule has 1 aromatic heterocycles. The number of halogens is 1. The first kappa shape index (κ1) is 11.3. The molecule has 1 aliphatic rings. The molecule has 84 valence electrons. The van der Waals surface area contributed by atoms with Crippen molar-refractivity contribution in [1.29, 1.82) is 0 Å². The Morgan fingerprint density at radius 1 is 1.47 bits per heavy atom.